The zero-order valence-corrected chi connectivity index (χ0v) is 23.9. The lowest BCUT2D eigenvalue weighted by molar-refractivity contribution is 0.109. The third-order valence-electron chi connectivity index (χ3n) is 8.29. The van der Waals surface area contributed by atoms with Crippen LogP contribution >= 0.6 is 0 Å². The summed E-state index contributed by atoms with van der Waals surface area (Å²) in [5.74, 6) is 0.676. The van der Waals surface area contributed by atoms with Crippen LogP contribution in [-0.4, -0.2) is 22.8 Å². The molecule has 1 amide bonds. The van der Waals surface area contributed by atoms with Crippen molar-refractivity contribution in [2.45, 2.75) is 51.6 Å². The Balaban J connectivity index is 1.23. The second-order valence-electron chi connectivity index (χ2n) is 10.8. The molecule has 1 aromatic heterocycles. The van der Waals surface area contributed by atoms with Crippen LogP contribution in [0.3, 0.4) is 0 Å². The topological polar surface area (TPSA) is 106 Å². The molecule has 1 aliphatic heterocycles. The van der Waals surface area contributed by atoms with E-state index < -0.39 is 18.0 Å². The summed E-state index contributed by atoms with van der Waals surface area (Å²) >= 11 is 0. The number of benzene rings is 3. The fourth-order valence-corrected chi connectivity index (χ4v) is 5.54. The highest BCUT2D eigenvalue weighted by atomic mass is 16.6. The molecule has 42 heavy (non-hydrogen) atoms. The maximum absolute atomic E-state index is 13.0. The summed E-state index contributed by atoms with van der Waals surface area (Å²) in [6.45, 7) is 6.41. The fraction of sp³-hybridized carbons (Fsp3) is 0.265. The van der Waals surface area contributed by atoms with E-state index >= 15 is 0 Å². The van der Waals surface area contributed by atoms with Crippen molar-refractivity contribution in [3.05, 3.63) is 129 Å². The number of aromatic nitrogens is 2. The van der Waals surface area contributed by atoms with E-state index in [0.717, 1.165) is 58.2 Å². The van der Waals surface area contributed by atoms with Crippen molar-refractivity contribution in [1.29, 1.82) is 0 Å². The number of carbonyl (C=O) groups is 1. The van der Waals surface area contributed by atoms with Gasteiger partial charge in [0.05, 0.1) is 11.1 Å². The molecule has 1 atom stereocenters. The summed E-state index contributed by atoms with van der Waals surface area (Å²) in [6, 6.07) is 26.1. The van der Waals surface area contributed by atoms with Gasteiger partial charge in [-0.15, -0.1) is 0 Å². The van der Waals surface area contributed by atoms with Crippen molar-refractivity contribution in [1.82, 2.24) is 15.5 Å². The Kier molecular flexibility index (Phi) is 7.29. The van der Waals surface area contributed by atoms with E-state index in [1.807, 2.05) is 68.4 Å². The maximum Gasteiger partial charge on any atom is 0.438 e. The SMILES string of the molecule is CCC1=C(C)C(NC(=O)OC(C)c2ccccc2)=C(c2ccc(-c3ccc(C4(c5noc(=O)[nH]5)CC4)cc3)cc2)OC1. The molecule has 3 aromatic carbocycles. The van der Waals surface area contributed by atoms with Crippen molar-refractivity contribution >= 4 is 11.9 Å². The Hall–Kier alpha value is -4.85. The number of carbonyl (C=O) groups excluding carboxylic acids is 1. The largest absolute Gasteiger partial charge is 0.486 e. The molecular formula is C34H33N3O5. The molecule has 214 valence electrons. The standard InChI is InChI=1S/C34H33N3O5/c1-4-23-20-40-30(29(21(23)2)35-32(38)41-22(3)24-8-6-5-7-9-24)27-12-10-25(11-13-27)26-14-16-28(17-15-26)34(18-19-34)31-36-33(39)42-37-31/h5-17,22H,4,18-20H2,1-3H3,(H,35,38)(H,36,37,39). The number of ether oxygens (including phenoxy) is 2. The van der Waals surface area contributed by atoms with E-state index in [9.17, 15) is 9.59 Å². The minimum Gasteiger partial charge on any atom is -0.486 e. The van der Waals surface area contributed by atoms with Crippen LogP contribution in [0.25, 0.3) is 16.9 Å². The highest BCUT2D eigenvalue weighted by Gasteiger charge is 2.49. The monoisotopic (exact) mass is 563 g/mol. The first kappa shape index (κ1) is 27.3. The number of aromatic amines is 1. The van der Waals surface area contributed by atoms with Crippen LogP contribution < -0.4 is 11.1 Å². The first-order valence-corrected chi connectivity index (χ1v) is 14.2. The van der Waals surface area contributed by atoms with Crippen LogP contribution in [0.2, 0.25) is 0 Å². The van der Waals surface area contributed by atoms with Crippen molar-refractivity contribution < 1.29 is 18.8 Å². The van der Waals surface area contributed by atoms with Crippen molar-refractivity contribution in [3.8, 4) is 11.1 Å². The number of allylic oxidation sites excluding steroid dienone is 1. The molecule has 6 rings (SSSR count). The second-order valence-corrected chi connectivity index (χ2v) is 10.8. The third kappa shape index (κ3) is 5.28. The summed E-state index contributed by atoms with van der Waals surface area (Å²) < 4.78 is 16.6. The number of alkyl carbamates (subject to hydrolysis) is 1. The van der Waals surface area contributed by atoms with E-state index in [0.29, 0.717) is 23.9 Å². The minimum absolute atomic E-state index is 0.272. The molecule has 1 saturated carbocycles. The van der Waals surface area contributed by atoms with Crippen LogP contribution in [0.1, 0.15) is 68.7 Å². The van der Waals surface area contributed by atoms with Crippen LogP contribution in [0, 0.1) is 0 Å². The van der Waals surface area contributed by atoms with Crippen molar-refractivity contribution in [2.75, 3.05) is 6.61 Å². The highest BCUT2D eigenvalue weighted by molar-refractivity contribution is 5.79. The van der Waals surface area contributed by atoms with Gasteiger partial charge in [0, 0.05) is 5.56 Å². The smallest absolute Gasteiger partial charge is 0.438 e. The zero-order chi connectivity index (χ0) is 29.3. The number of amides is 1. The van der Waals surface area contributed by atoms with Gasteiger partial charge in [-0.25, -0.2) is 9.59 Å². The Morgan fingerprint density at radius 2 is 1.64 bits per heavy atom. The fourth-order valence-electron chi connectivity index (χ4n) is 5.54. The summed E-state index contributed by atoms with van der Waals surface area (Å²) in [5.41, 5.74) is 7.48. The molecule has 2 aliphatic rings. The summed E-state index contributed by atoms with van der Waals surface area (Å²) in [7, 11) is 0. The molecule has 8 heteroatoms. The summed E-state index contributed by atoms with van der Waals surface area (Å²) in [5, 5.41) is 6.90. The lowest BCUT2D eigenvalue weighted by Gasteiger charge is -2.26. The van der Waals surface area contributed by atoms with Gasteiger partial charge < -0.3 is 9.47 Å². The predicted molar refractivity (Wildman–Crippen MR) is 159 cm³/mol. The lowest BCUT2D eigenvalue weighted by atomic mass is 9.92. The Morgan fingerprint density at radius 3 is 2.24 bits per heavy atom. The number of hydrogen-bond donors (Lipinski definition) is 2. The van der Waals surface area contributed by atoms with Crippen LogP contribution in [0.5, 0.6) is 0 Å². The van der Waals surface area contributed by atoms with E-state index in [-0.39, 0.29) is 5.41 Å². The lowest BCUT2D eigenvalue weighted by Crippen LogP contribution is -2.29. The quantitative estimate of drug-likeness (QED) is 0.239. The van der Waals surface area contributed by atoms with Gasteiger partial charge in [-0.2, -0.15) is 0 Å². The highest BCUT2D eigenvalue weighted by Crippen LogP contribution is 2.52. The van der Waals surface area contributed by atoms with Gasteiger partial charge >= 0.3 is 11.8 Å². The van der Waals surface area contributed by atoms with Crippen molar-refractivity contribution in [2.24, 2.45) is 0 Å². The summed E-state index contributed by atoms with van der Waals surface area (Å²) in [6.07, 6.45) is 1.73. The molecule has 0 radical (unpaired) electrons. The van der Waals surface area contributed by atoms with Crippen LogP contribution in [-0.2, 0) is 14.9 Å². The predicted octanol–water partition coefficient (Wildman–Crippen LogP) is 7.02. The van der Waals surface area contributed by atoms with E-state index in [1.54, 1.807) is 0 Å². The zero-order valence-electron chi connectivity index (χ0n) is 23.9. The van der Waals surface area contributed by atoms with Crippen LogP contribution in [0.4, 0.5) is 4.79 Å². The van der Waals surface area contributed by atoms with Gasteiger partial charge in [0.2, 0.25) is 0 Å². The number of rotatable bonds is 8. The van der Waals surface area contributed by atoms with E-state index in [2.05, 4.69) is 46.6 Å². The van der Waals surface area contributed by atoms with Gasteiger partial charge in [-0.1, -0.05) is 90.9 Å². The van der Waals surface area contributed by atoms with Gasteiger partial charge in [0.25, 0.3) is 0 Å². The van der Waals surface area contributed by atoms with Gasteiger partial charge in [-0.3, -0.25) is 14.8 Å². The molecule has 2 N–H and O–H groups in total. The molecule has 2 heterocycles. The van der Waals surface area contributed by atoms with Gasteiger partial charge in [0.15, 0.2) is 11.6 Å². The molecular weight excluding hydrogens is 530 g/mol. The van der Waals surface area contributed by atoms with E-state index in [1.165, 1.54) is 0 Å². The minimum atomic E-state index is -0.529. The molecule has 1 unspecified atom stereocenters. The normalized spacial score (nSPS) is 16.5. The molecule has 0 spiro atoms. The Bertz CT molecular complexity index is 1710. The van der Waals surface area contributed by atoms with Crippen molar-refractivity contribution in [3.63, 3.8) is 0 Å². The van der Waals surface area contributed by atoms with Gasteiger partial charge in [-0.05, 0) is 66.5 Å². The number of nitrogens with one attached hydrogen (secondary N) is 2. The second kappa shape index (κ2) is 11.2. The molecule has 8 nitrogen and oxygen atoms in total. The van der Waals surface area contributed by atoms with E-state index in [4.69, 9.17) is 14.0 Å². The molecule has 1 fully saturated rings. The molecule has 1 aliphatic carbocycles. The third-order valence-corrected chi connectivity index (χ3v) is 8.29. The average Bonchev–Trinajstić information content (AvgIpc) is 3.72. The first-order valence-electron chi connectivity index (χ1n) is 14.2. The Morgan fingerprint density at radius 1 is 1.00 bits per heavy atom. The summed E-state index contributed by atoms with van der Waals surface area (Å²) in [4.78, 5) is 27.2. The average molecular weight is 564 g/mol. The Labute approximate surface area is 244 Å². The first-order chi connectivity index (χ1) is 20.4. The number of hydrogen-bond acceptors (Lipinski definition) is 6. The van der Waals surface area contributed by atoms with Gasteiger partial charge in [0.1, 0.15) is 12.7 Å². The molecule has 0 bridgehead atoms. The number of H-pyrrole nitrogens is 1. The van der Waals surface area contributed by atoms with Crippen LogP contribution in [0.15, 0.2) is 105 Å². The molecule has 4 aromatic rings. The molecule has 0 saturated heterocycles. The number of nitrogens with zero attached hydrogens (tertiary/aromatic N) is 1. The maximum atomic E-state index is 13.0.